The topological polar surface area (TPSA) is 35.6 Å². The average Bonchev–Trinajstić information content (AvgIpc) is 2.86. The molecule has 0 unspecified atom stereocenters. The zero-order valence-electron chi connectivity index (χ0n) is 21.6. The van der Waals surface area contributed by atoms with Crippen molar-refractivity contribution < 1.29 is 17.9 Å². The summed E-state index contributed by atoms with van der Waals surface area (Å²) in [5.41, 5.74) is 1.21. The Morgan fingerprint density at radius 1 is 0.921 bits per heavy atom. The van der Waals surface area contributed by atoms with E-state index in [2.05, 4.69) is 18.7 Å². The predicted molar refractivity (Wildman–Crippen MR) is 143 cm³/mol. The Balaban J connectivity index is 1.78. The molecule has 0 bridgehead atoms. The van der Waals surface area contributed by atoms with Crippen molar-refractivity contribution in [3.63, 3.8) is 0 Å². The van der Waals surface area contributed by atoms with E-state index in [4.69, 9.17) is 11.3 Å². The first-order chi connectivity index (χ1) is 18.0. The highest BCUT2D eigenvalue weighted by Gasteiger charge is 2.36. The van der Waals surface area contributed by atoms with Crippen molar-refractivity contribution in [2.45, 2.75) is 46.3 Å². The van der Waals surface area contributed by atoms with Crippen LogP contribution in [0.3, 0.4) is 0 Å². The summed E-state index contributed by atoms with van der Waals surface area (Å²) < 4.78 is 48.7. The fourth-order valence-corrected chi connectivity index (χ4v) is 4.30. The van der Waals surface area contributed by atoms with Crippen LogP contribution in [0.5, 0.6) is 11.5 Å². The molecule has 0 saturated heterocycles. The summed E-state index contributed by atoms with van der Waals surface area (Å²) >= 11 is 0. The van der Waals surface area contributed by atoms with E-state index in [0.29, 0.717) is 23.0 Å². The van der Waals surface area contributed by atoms with Gasteiger partial charge in [-0.25, -0.2) is 4.85 Å². The molecule has 0 atom stereocenters. The Morgan fingerprint density at radius 2 is 1.53 bits per heavy atom. The van der Waals surface area contributed by atoms with E-state index in [9.17, 15) is 18.0 Å². The van der Waals surface area contributed by atoms with Crippen LogP contribution in [0.25, 0.3) is 16.1 Å². The molecule has 0 aliphatic carbocycles. The van der Waals surface area contributed by atoms with Gasteiger partial charge in [0.15, 0.2) is 0 Å². The lowest BCUT2D eigenvalue weighted by Gasteiger charge is -2.19. The molecule has 0 N–H and O–H groups in total. The number of halogens is 3. The van der Waals surface area contributed by atoms with Gasteiger partial charge in [-0.1, -0.05) is 49.7 Å². The van der Waals surface area contributed by atoms with Gasteiger partial charge in [-0.15, -0.1) is 0 Å². The van der Waals surface area contributed by atoms with E-state index in [1.165, 1.54) is 10.1 Å². The molecule has 0 aliphatic heterocycles. The van der Waals surface area contributed by atoms with Crippen molar-refractivity contribution in [1.82, 2.24) is 4.57 Å². The van der Waals surface area contributed by atoms with E-state index < -0.39 is 23.0 Å². The van der Waals surface area contributed by atoms with Crippen LogP contribution in [0.15, 0.2) is 77.6 Å². The second-order valence-electron chi connectivity index (χ2n) is 9.57. The number of aryl methyl sites for hydroxylation is 2. The number of aromatic nitrogens is 1. The largest absolute Gasteiger partial charge is 0.457 e. The summed E-state index contributed by atoms with van der Waals surface area (Å²) in [4.78, 5) is 16.2. The summed E-state index contributed by atoms with van der Waals surface area (Å²) in [7, 11) is 0. The van der Waals surface area contributed by atoms with Gasteiger partial charge in [0.1, 0.15) is 11.5 Å². The molecule has 1 aromatic heterocycles. The van der Waals surface area contributed by atoms with E-state index in [1.54, 1.807) is 24.3 Å². The molecular formula is C31H27F3N2O2. The normalized spacial score (nSPS) is 11.4. The van der Waals surface area contributed by atoms with Crippen molar-refractivity contribution >= 4 is 5.69 Å². The number of hydrogen-bond acceptors (Lipinski definition) is 2. The number of alkyl halides is 3. The monoisotopic (exact) mass is 516 g/mol. The van der Waals surface area contributed by atoms with Gasteiger partial charge < -0.3 is 9.30 Å². The third-order valence-electron chi connectivity index (χ3n) is 6.45. The van der Waals surface area contributed by atoms with Gasteiger partial charge in [-0.3, -0.25) is 4.79 Å². The highest BCUT2D eigenvalue weighted by atomic mass is 19.4. The second-order valence-corrected chi connectivity index (χ2v) is 9.57. The minimum atomic E-state index is -4.85. The second kappa shape index (κ2) is 10.6. The molecule has 0 amide bonds. The number of benzene rings is 3. The molecule has 194 valence electrons. The van der Waals surface area contributed by atoms with Crippen LogP contribution in [0, 0.1) is 20.4 Å². The highest BCUT2D eigenvalue weighted by molar-refractivity contribution is 5.67. The quantitative estimate of drug-likeness (QED) is 0.240. The Bertz CT molecular complexity index is 1560. The van der Waals surface area contributed by atoms with E-state index in [1.807, 2.05) is 56.3 Å². The summed E-state index contributed by atoms with van der Waals surface area (Å²) in [6, 6.07) is 20.8. The van der Waals surface area contributed by atoms with Crippen molar-refractivity contribution in [1.29, 1.82) is 0 Å². The van der Waals surface area contributed by atoms with Gasteiger partial charge in [-0.05, 0) is 84.5 Å². The van der Waals surface area contributed by atoms with Crippen LogP contribution in [-0.4, -0.2) is 4.57 Å². The van der Waals surface area contributed by atoms with Crippen molar-refractivity contribution in [3.05, 3.63) is 122 Å². The smallest absolute Gasteiger partial charge is 0.407 e. The van der Waals surface area contributed by atoms with Crippen molar-refractivity contribution in [2.75, 3.05) is 0 Å². The number of pyridine rings is 1. The van der Waals surface area contributed by atoms with Crippen LogP contribution in [0.2, 0.25) is 0 Å². The maximum Gasteiger partial charge on any atom is 0.407 e. The van der Waals surface area contributed by atoms with Gasteiger partial charge in [0.2, 0.25) is 0 Å². The molecular weight excluding hydrogens is 489 g/mol. The minimum absolute atomic E-state index is 0.0292. The Morgan fingerprint density at radius 3 is 2.05 bits per heavy atom. The van der Waals surface area contributed by atoms with E-state index >= 15 is 0 Å². The third-order valence-corrected chi connectivity index (χ3v) is 6.45. The molecule has 0 spiro atoms. The summed E-state index contributed by atoms with van der Waals surface area (Å²) in [5, 5.41) is 0. The van der Waals surface area contributed by atoms with Gasteiger partial charge in [-0.2, -0.15) is 13.2 Å². The van der Waals surface area contributed by atoms with Crippen molar-refractivity contribution in [2.24, 2.45) is 0 Å². The number of hydrogen-bond donors (Lipinski definition) is 0. The maximum absolute atomic E-state index is 13.9. The first-order valence-corrected chi connectivity index (χ1v) is 12.1. The third kappa shape index (κ3) is 5.65. The Hall–Kier alpha value is -4.31. The fourth-order valence-electron chi connectivity index (χ4n) is 4.30. The van der Waals surface area contributed by atoms with Crippen LogP contribution in [0.4, 0.5) is 18.9 Å². The van der Waals surface area contributed by atoms with Crippen LogP contribution < -0.4 is 10.3 Å². The average molecular weight is 517 g/mol. The van der Waals surface area contributed by atoms with Crippen LogP contribution in [0.1, 0.15) is 47.6 Å². The van der Waals surface area contributed by atoms with Gasteiger partial charge in [0.05, 0.1) is 18.7 Å². The first kappa shape index (κ1) is 26.7. The molecule has 0 fully saturated rings. The summed E-state index contributed by atoms with van der Waals surface area (Å²) in [5.74, 6) is 1.53. The van der Waals surface area contributed by atoms with Crippen LogP contribution >= 0.6 is 0 Å². The highest BCUT2D eigenvalue weighted by Crippen LogP contribution is 2.37. The summed E-state index contributed by atoms with van der Waals surface area (Å²) in [6.45, 7) is 15.3. The predicted octanol–water partition coefficient (Wildman–Crippen LogP) is 8.67. The molecule has 1 heterocycles. The number of nitrogens with zero attached hydrogens (tertiary/aromatic N) is 2. The molecule has 4 rings (SSSR count). The summed E-state index contributed by atoms with van der Waals surface area (Å²) in [6.07, 6.45) is -4.85. The Labute approximate surface area is 219 Å². The van der Waals surface area contributed by atoms with Crippen LogP contribution in [-0.2, 0) is 12.7 Å². The zero-order chi connectivity index (χ0) is 27.6. The minimum Gasteiger partial charge on any atom is -0.457 e. The SMILES string of the molecule is [C-]#[N+]c1c(C(F)(F)F)cc(-c2ccc(Oc3ccc(C(C)C)cc3)cc2)n(Cc2ccc(C)cc2C)c1=O. The van der Waals surface area contributed by atoms with Gasteiger partial charge >= 0.3 is 6.18 Å². The number of ether oxygens (including phenoxy) is 1. The molecule has 7 heteroatoms. The lowest BCUT2D eigenvalue weighted by molar-refractivity contribution is -0.136. The molecule has 4 aromatic rings. The van der Waals surface area contributed by atoms with E-state index in [0.717, 1.165) is 22.8 Å². The van der Waals surface area contributed by atoms with Gasteiger partial charge in [0, 0.05) is 5.69 Å². The lowest BCUT2D eigenvalue weighted by atomic mass is 10.0. The Kier molecular flexibility index (Phi) is 7.45. The fraction of sp³-hybridized carbons (Fsp3) is 0.226. The molecule has 0 radical (unpaired) electrons. The maximum atomic E-state index is 13.9. The van der Waals surface area contributed by atoms with Gasteiger partial charge in [0.25, 0.3) is 11.2 Å². The molecule has 0 aliphatic rings. The number of rotatable bonds is 6. The first-order valence-electron chi connectivity index (χ1n) is 12.1. The standard InChI is InChI=1S/C31H27F3N2O2/c1-19(2)22-8-12-25(13-9-22)38-26-14-10-23(11-15-26)28-17-27(31(32,33)34)29(35-5)30(37)36(28)18-24-7-6-20(3)16-21(24)4/h6-17,19H,18H2,1-4H3. The molecule has 4 nitrogen and oxygen atoms in total. The van der Waals surface area contributed by atoms with E-state index in [-0.39, 0.29) is 12.2 Å². The molecule has 0 saturated carbocycles. The molecule has 38 heavy (non-hydrogen) atoms. The molecule has 3 aromatic carbocycles. The lowest BCUT2D eigenvalue weighted by Crippen LogP contribution is -2.25. The van der Waals surface area contributed by atoms with Crippen molar-refractivity contribution in [3.8, 4) is 22.8 Å². The zero-order valence-corrected chi connectivity index (χ0v) is 21.6.